The van der Waals surface area contributed by atoms with Crippen LogP contribution in [0.2, 0.25) is 0 Å². The van der Waals surface area contributed by atoms with Crippen molar-refractivity contribution in [1.29, 1.82) is 0 Å². The minimum Gasteiger partial charge on any atom is -0.380 e. The third kappa shape index (κ3) is 30.3. The second-order valence-electron chi connectivity index (χ2n) is 11.2. The molecule has 0 fully saturated rings. The molecule has 264 valence electrons. The number of ether oxygens (including phenoxy) is 1. The van der Waals surface area contributed by atoms with Gasteiger partial charge in [-0.05, 0) is 56.5 Å². The van der Waals surface area contributed by atoms with Gasteiger partial charge >= 0.3 is 0 Å². The van der Waals surface area contributed by atoms with E-state index in [1.807, 2.05) is 6.92 Å². The highest BCUT2D eigenvalue weighted by Crippen LogP contribution is 2.13. The van der Waals surface area contributed by atoms with Crippen molar-refractivity contribution in [3.05, 3.63) is 0 Å². The molecule has 0 saturated heterocycles. The largest absolute Gasteiger partial charge is 0.380 e. The standard InChI is InChI=1S/C31H61N5O5S4/c1-2-22-41-23-21-36(19-11-30(39)34-17-15-32-28(37)9-5-3-7-26(44)13-24-42)20-12-31(40)35-18-16-33-29(38)10-6-4-8-27(45)14-25-43/h26-27,42-45H,2-25H2,1H3,(H,32,37)(H,33,38)(H,34,39)(H,35,40). The fourth-order valence-electron chi connectivity index (χ4n) is 4.37. The van der Waals surface area contributed by atoms with E-state index >= 15 is 0 Å². The predicted octanol–water partition coefficient (Wildman–Crippen LogP) is 3.32. The lowest BCUT2D eigenvalue weighted by Crippen LogP contribution is -2.39. The van der Waals surface area contributed by atoms with Gasteiger partial charge in [-0.1, -0.05) is 19.8 Å². The normalized spacial score (nSPS) is 12.5. The summed E-state index contributed by atoms with van der Waals surface area (Å²) in [5.41, 5.74) is 0. The van der Waals surface area contributed by atoms with E-state index in [9.17, 15) is 19.2 Å². The smallest absolute Gasteiger partial charge is 0.221 e. The maximum atomic E-state index is 12.4. The van der Waals surface area contributed by atoms with E-state index in [2.05, 4.69) is 76.7 Å². The Morgan fingerprint density at radius 1 is 0.578 bits per heavy atom. The van der Waals surface area contributed by atoms with Crippen LogP contribution in [0.4, 0.5) is 0 Å². The number of thiol groups is 4. The van der Waals surface area contributed by atoms with Crippen LogP contribution in [0.3, 0.4) is 0 Å². The zero-order chi connectivity index (χ0) is 33.5. The van der Waals surface area contributed by atoms with Gasteiger partial charge < -0.3 is 30.9 Å². The summed E-state index contributed by atoms with van der Waals surface area (Å²) in [7, 11) is 0. The van der Waals surface area contributed by atoms with Crippen molar-refractivity contribution in [3.8, 4) is 0 Å². The molecule has 14 heteroatoms. The zero-order valence-electron chi connectivity index (χ0n) is 27.4. The number of nitrogens with zero attached hydrogens (tertiary/aromatic N) is 1. The summed E-state index contributed by atoms with van der Waals surface area (Å²) in [6, 6.07) is 0. The molecule has 10 nitrogen and oxygen atoms in total. The van der Waals surface area contributed by atoms with Crippen molar-refractivity contribution in [1.82, 2.24) is 26.2 Å². The van der Waals surface area contributed by atoms with Crippen LogP contribution in [-0.2, 0) is 23.9 Å². The molecule has 0 aliphatic rings. The first kappa shape index (κ1) is 44.2. The molecule has 0 rings (SSSR count). The Labute approximate surface area is 294 Å². The Balaban J connectivity index is 4.16. The van der Waals surface area contributed by atoms with Gasteiger partial charge in [-0.15, -0.1) is 0 Å². The Morgan fingerprint density at radius 3 is 1.36 bits per heavy atom. The van der Waals surface area contributed by atoms with Crippen molar-refractivity contribution < 1.29 is 23.9 Å². The fourth-order valence-corrected chi connectivity index (χ4v) is 6.03. The molecule has 0 aliphatic heterocycles. The average Bonchev–Trinajstić information content (AvgIpc) is 3.01. The number of rotatable bonds is 31. The van der Waals surface area contributed by atoms with Gasteiger partial charge in [0.05, 0.1) is 6.61 Å². The Morgan fingerprint density at radius 2 is 0.978 bits per heavy atom. The molecule has 0 spiro atoms. The Kier molecular flexibility index (Phi) is 31.2. The first-order valence-electron chi connectivity index (χ1n) is 16.7. The lowest BCUT2D eigenvalue weighted by Gasteiger charge is -2.22. The topological polar surface area (TPSA) is 129 Å². The Bertz CT molecular complexity index is 729. The molecule has 2 atom stereocenters. The van der Waals surface area contributed by atoms with Crippen LogP contribution in [0.15, 0.2) is 0 Å². The summed E-state index contributed by atoms with van der Waals surface area (Å²) in [6.45, 7) is 6.39. The van der Waals surface area contributed by atoms with Crippen molar-refractivity contribution in [2.75, 3.05) is 70.5 Å². The summed E-state index contributed by atoms with van der Waals surface area (Å²) >= 11 is 17.4. The van der Waals surface area contributed by atoms with E-state index in [4.69, 9.17) is 4.74 Å². The van der Waals surface area contributed by atoms with Gasteiger partial charge in [-0.2, -0.15) is 50.5 Å². The summed E-state index contributed by atoms with van der Waals surface area (Å²) < 4.78 is 5.61. The molecule has 0 aromatic carbocycles. The first-order valence-corrected chi connectivity index (χ1v) is 19.0. The quantitative estimate of drug-likeness (QED) is 0.0412. The molecule has 0 aromatic rings. The molecule has 0 bridgehead atoms. The number of nitrogens with one attached hydrogen (secondary N) is 4. The lowest BCUT2D eigenvalue weighted by atomic mass is 10.1. The minimum atomic E-state index is -0.101. The molecule has 2 unspecified atom stereocenters. The van der Waals surface area contributed by atoms with E-state index in [1.165, 1.54) is 0 Å². The molecule has 4 N–H and O–H groups in total. The molecule has 0 radical (unpaired) electrons. The predicted molar refractivity (Wildman–Crippen MR) is 198 cm³/mol. The van der Waals surface area contributed by atoms with Crippen LogP contribution >= 0.6 is 50.5 Å². The zero-order valence-corrected chi connectivity index (χ0v) is 31.0. The first-order chi connectivity index (χ1) is 21.7. The highest BCUT2D eigenvalue weighted by molar-refractivity contribution is 7.81. The van der Waals surface area contributed by atoms with Crippen LogP contribution in [-0.4, -0.2) is 110 Å². The van der Waals surface area contributed by atoms with Crippen LogP contribution in [0, 0.1) is 0 Å². The molecule has 0 aliphatic carbocycles. The average molecular weight is 712 g/mol. The fraction of sp³-hybridized carbons (Fsp3) is 0.871. The molecular formula is C31H61N5O5S4. The van der Waals surface area contributed by atoms with Gasteiger partial charge in [0, 0.05) is 88.6 Å². The van der Waals surface area contributed by atoms with Crippen LogP contribution in [0.25, 0.3) is 0 Å². The number of unbranched alkanes of at least 4 members (excludes halogenated alkanes) is 2. The monoisotopic (exact) mass is 711 g/mol. The van der Waals surface area contributed by atoms with E-state index in [0.29, 0.717) is 82.4 Å². The van der Waals surface area contributed by atoms with Crippen molar-refractivity contribution in [2.45, 2.75) is 101 Å². The molecule has 0 aromatic heterocycles. The van der Waals surface area contributed by atoms with E-state index in [-0.39, 0.29) is 36.5 Å². The van der Waals surface area contributed by atoms with Gasteiger partial charge in [0.2, 0.25) is 23.6 Å². The summed E-state index contributed by atoms with van der Waals surface area (Å²) in [6.07, 6.45) is 9.91. The van der Waals surface area contributed by atoms with Crippen molar-refractivity contribution >= 4 is 74.1 Å². The third-order valence-electron chi connectivity index (χ3n) is 7.06. The number of hydrogen-bond donors (Lipinski definition) is 8. The SMILES string of the molecule is CCCOCCN(CCC(=O)NCCNC(=O)CCCCC(S)CCS)CCC(=O)NCCNC(=O)CCCCC(S)CCS. The van der Waals surface area contributed by atoms with Crippen molar-refractivity contribution in [2.24, 2.45) is 0 Å². The maximum Gasteiger partial charge on any atom is 0.221 e. The molecule has 0 heterocycles. The van der Waals surface area contributed by atoms with E-state index < -0.39 is 0 Å². The summed E-state index contributed by atoms with van der Waals surface area (Å²) in [5, 5.41) is 12.1. The van der Waals surface area contributed by atoms with Crippen LogP contribution in [0.5, 0.6) is 0 Å². The van der Waals surface area contributed by atoms with Gasteiger partial charge in [-0.3, -0.25) is 19.2 Å². The second-order valence-corrected chi connectivity index (χ2v) is 13.5. The second kappa shape index (κ2) is 31.8. The van der Waals surface area contributed by atoms with Gasteiger partial charge in [-0.25, -0.2) is 0 Å². The number of amides is 4. The highest BCUT2D eigenvalue weighted by atomic mass is 32.1. The van der Waals surface area contributed by atoms with E-state index in [1.54, 1.807) is 0 Å². The Hall–Kier alpha value is -0.800. The van der Waals surface area contributed by atoms with E-state index in [0.717, 1.165) is 69.3 Å². The molecular weight excluding hydrogens is 651 g/mol. The van der Waals surface area contributed by atoms with Gasteiger partial charge in [0.15, 0.2) is 0 Å². The molecule has 45 heavy (non-hydrogen) atoms. The van der Waals surface area contributed by atoms with Crippen LogP contribution in [0.1, 0.15) is 90.4 Å². The van der Waals surface area contributed by atoms with Crippen molar-refractivity contribution in [3.63, 3.8) is 0 Å². The third-order valence-corrected chi connectivity index (χ3v) is 8.61. The lowest BCUT2D eigenvalue weighted by molar-refractivity contribution is -0.123. The number of carbonyl (C=O) groups excluding carboxylic acids is 4. The minimum absolute atomic E-state index is 0.00804. The summed E-state index contributed by atoms with van der Waals surface area (Å²) in [5.74, 6) is 1.43. The molecule has 4 amide bonds. The van der Waals surface area contributed by atoms with Gasteiger partial charge in [0.25, 0.3) is 0 Å². The highest BCUT2D eigenvalue weighted by Gasteiger charge is 2.12. The van der Waals surface area contributed by atoms with Gasteiger partial charge in [0.1, 0.15) is 0 Å². The summed E-state index contributed by atoms with van der Waals surface area (Å²) in [4.78, 5) is 50.9. The maximum absolute atomic E-state index is 12.4. The number of carbonyl (C=O) groups is 4. The number of hydrogen-bond acceptors (Lipinski definition) is 10. The van der Waals surface area contributed by atoms with Crippen LogP contribution < -0.4 is 21.3 Å². The molecule has 0 saturated carbocycles.